The maximum atomic E-state index is 14.9. The molecule has 1 saturated heterocycles. The van der Waals surface area contributed by atoms with Gasteiger partial charge in [-0.05, 0) is 81.1 Å². The molecule has 0 bridgehead atoms. The fourth-order valence-electron chi connectivity index (χ4n) is 3.75. The third-order valence-corrected chi connectivity index (χ3v) is 14.3. The summed E-state index contributed by atoms with van der Waals surface area (Å²) < 4.78 is 57.5. The number of halogens is 2. The minimum absolute atomic E-state index is 0.0210. The van der Waals surface area contributed by atoms with Gasteiger partial charge in [-0.1, -0.05) is 67.6 Å². The Balaban J connectivity index is 2.36. The number of aliphatic imine (C=N–C) groups is 1. The number of nitrogens with one attached hydrogen (secondary N) is 1. The molecule has 10 heteroatoms. The molecule has 1 aromatic rings. The van der Waals surface area contributed by atoms with Gasteiger partial charge in [0.15, 0.2) is 8.32 Å². The van der Waals surface area contributed by atoms with Crippen LogP contribution in [-0.4, -0.2) is 46.3 Å². The normalized spacial score (nSPS) is 21.9. The van der Waals surface area contributed by atoms with Gasteiger partial charge in [0.05, 0.1) is 6.04 Å². The fraction of sp³-hybridized carbons (Fsp3) is 0.536. The maximum absolute atomic E-state index is 14.9. The van der Waals surface area contributed by atoms with E-state index in [9.17, 15) is 12.8 Å². The molecule has 0 spiro atoms. The zero-order valence-electron chi connectivity index (χ0n) is 23.8. The molecule has 1 aromatic carbocycles. The second-order valence-corrected chi connectivity index (χ2v) is 19.2. The number of allylic oxidation sites excluding steroid dienone is 4. The van der Waals surface area contributed by atoms with Crippen LogP contribution >= 0.6 is 15.9 Å². The van der Waals surface area contributed by atoms with Crippen molar-refractivity contribution in [2.45, 2.75) is 89.4 Å². The molecule has 2 unspecified atom stereocenters. The molecule has 1 aliphatic rings. The molecule has 0 aliphatic carbocycles. The van der Waals surface area contributed by atoms with Crippen molar-refractivity contribution in [2.24, 2.45) is 4.99 Å². The van der Waals surface area contributed by atoms with E-state index in [1.807, 2.05) is 24.3 Å². The van der Waals surface area contributed by atoms with Crippen LogP contribution < -0.4 is 4.72 Å². The van der Waals surface area contributed by atoms with E-state index in [4.69, 9.17) is 9.16 Å². The first-order valence-electron chi connectivity index (χ1n) is 12.7. The molecule has 38 heavy (non-hydrogen) atoms. The monoisotopic (exact) mass is 628 g/mol. The van der Waals surface area contributed by atoms with Crippen LogP contribution in [0.1, 0.15) is 53.5 Å². The Hall–Kier alpha value is -1.75. The van der Waals surface area contributed by atoms with Crippen LogP contribution in [-0.2, 0) is 25.6 Å². The maximum Gasteiger partial charge on any atom is 0.299 e. The quantitative estimate of drug-likeness (QED) is 0.219. The first-order valence-corrected chi connectivity index (χ1v) is 18.0. The zero-order valence-corrected chi connectivity index (χ0v) is 27.2. The third-order valence-electron chi connectivity index (χ3n) is 7.26. The van der Waals surface area contributed by atoms with Gasteiger partial charge in [0.25, 0.3) is 6.02 Å². The summed E-state index contributed by atoms with van der Waals surface area (Å²) >= 11 is 3.40. The van der Waals surface area contributed by atoms with Gasteiger partial charge in [0.2, 0.25) is 10.0 Å². The van der Waals surface area contributed by atoms with Gasteiger partial charge < -0.3 is 9.16 Å². The van der Waals surface area contributed by atoms with Crippen molar-refractivity contribution in [3.05, 3.63) is 70.5 Å². The highest BCUT2D eigenvalue weighted by molar-refractivity contribution is 9.10. The Kier molecular flexibility index (Phi) is 10.8. The number of sulfonamides is 1. The highest BCUT2D eigenvalue weighted by Gasteiger charge is 2.47. The highest BCUT2D eigenvalue weighted by atomic mass is 79.9. The fourth-order valence-corrected chi connectivity index (χ4v) is 6.76. The van der Waals surface area contributed by atoms with E-state index >= 15 is 0 Å². The van der Waals surface area contributed by atoms with E-state index in [0.29, 0.717) is 18.6 Å². The lowest BCUT2D eigenvalue weighted by Crippen LogP contribution is -2.59. The number of rotatable bonds is 10. The minimum atomic E-state index is -3.84. The molecular formula is C28H42BrFN2O4SSi. The molecule has 1 aliphatic heterocycles. The Morgan fingerprint density at radius 1 is 1.32 bits per heavy atom. The average Bonchev–Trinajstić information content (AvgIpc) is 2.78. The number of benzene rings is 1. The molecule has 212 valence electrons. The lowest BCUT2D eigenvalue weighted by Gasteiger charge is -2.39. The summed E-state index contributed by atoms with van der Waals surface area (Å²) in [5.74, 6) is -0.461. The smallest absolute Gasteiger partial charge is 0.299 e. The molecular weight excluding hydrogens is 587 g/mol. The van der Waals surface area contributed by atoms with Crippen molar-refractivity contribution in [1.82, 2.24) is 4.72 Å². The summed E-state index contributed by atoms with van der Waals surface area (Å²) in [7, 11) is -5.87. The van der Waals surface area contributed by atoms with Crippen LogP contribution in [0.4, 0.5) is 4.39 Å². The topological polar surface area (TPSA) is 77.0 Å². The number of ether oxygens (including phenoxy) is 1. The zero-order chi connectivity index (χ0) is 28.9. The Morgan fingerprint density at radius 2 is 1.92 bits per heavy atom. The van der Waals surface area contributed by atoms with Crippen LogP contribution in [0.25, 0.3) is 0 Å². The lowest BCUT2D eigenvalue weighted by molar-refractivity contribution is 0.0761. The summed E-state index contributed by atoms with van der Waals surface area (Å²) in [6.45, 7) is 19.8. The van der Waals surface area contributed by atoms with Gasteiger partial charge in [-0.2, -0.15) is 0 Å². The molecule has 1 heterocycles. The second-order valence-electron chi connectivity index (χ2n) is 11.6. The number of hydrogen-bond acceptors (Lipinski definition) is 5. The highest BCUT2D eigenvalue weighted by Crippen LogP contribution is 2.37. The Labute approximate surface area is 237 Å². The van der Waals surface area contributed by atoms with Crippen LogP contribution in [0.5, 0.6) is 0 Å². The summed E-state index contributed by atoms with van der Waals surface area (Å²) in [5.41, 5.74) is 0.153. The molecule has 2 rings (SSSR count). The standard InChI is InChI=1S/C28H42BrFN2O4SSi/c1-10-11-12-23(30)20(2)24(17-18-35-38(8,9)27(3,4)5)31-26-32-37(33,34)25(28(6,7)36-26)19-21-13-15-22(29)16-14-21/h10-16,24-25H,1,17-19H2,2-9H3,(H,31,32)/b12-11-,23-20?. The van der Waals surface area contributed by atoms with Gasteiger partial charge in [-0.15, -0.1) is 0 Å². The summed E-state index contributed by atoms with van der Waals surface area (Å²) in [4.78, 5) is 4.57. The van der Waals surface area contributed by atoms with Crippen LogP contribution in [0.3, 0.4) is 0 Å². The van der Waals surface area contributed by atoms with Crippen LogP contribution in [0.15, 0.2) is 69.9 Å². The summed E-state index contributed by atoms with van der Waals surface area (Å²) in [5, 5.41) is -0.827. The second kappa shape index (κ2) is 12.6. The van der Waals surface area contributed by atoms with E-state index < -0.39 is 41.1 Å². The lowest BCUT2D eigenvalue weighted by atomic mass is 9.97. The minimum Gasteiger partial charge on any atom is -0.457 e. The average molecular weight is 630 g/mol. The molecule has 0 aromatic heterocycles. The van der Waals surface area contributed by atoms with Crippen molar-refractivity contribution in [1.29, 1.82) is 0 Å². The predicted molar refractivity (Wildman–Crippen MR) is 161 cm³/mol. The van der Waals surface area contributed by atoms with E-state index in [1.165, 1.54) is 18.2 Å². The summed E-state index contributed by atoms with van der Waals surface area (Å²) in [6, 6.07) is 6.68. The first-order chi connectivity index (χ1) is 17.4. The summed E-state index contributed by atoms with van der Waals surface area (Å²) in [6.07, 6.45) is 4.94. The van der Waals surface area contributed by atoms with Crippen molar-refractivity contribution in [3.8, 4) is 0 Å². The molecule has 6 nitrogen and oxygen atoms in total. The van der Waals surface area contributed by atoms with Crippen molar-refractivity contribution in [2.75, 3.05) is 6.61 Å². The molecule has 2 atom stereocenters. The number of nitrogens with zero attached hydrogens (tertiary/aromatic N) is 1. The molecule has 1 fully saturated rings. The molecule has 0 radical (unpaired) electrons. The van der Waals surface area contributed by atoms with Crippen molar-refractivity contribution < 1.29 is 22.0 Å². The molecule has 1 N–H and O–H groups in total. The van der Waals surface area contributed by atoms with Gasteiger partial charge in [0, 0.05) is 11.1 Å². The van der Waals surface area contributed by atoms with Gasteiger partial charge in [-0.3, -0.25) is 0 Å². The first kappa shape index (κ1) is 32.5. The number of hydrogen-bond donors (Lipinski definition) is 1. The Bertz CT molecular complexity index is 1190. The third kappa shape index (κ3) is 8.63. The molecule has 0 amide bonds. The van der Waals surface area contributed by atoms with E-state index in [2.05, 4.69) is 66.1 Å². The van der Waals surface area contributed by atoms with Gasteiger partial charge in [-0.25, -0.2) is 22.5 Å². The van der Waals surface area contributed by atoms with Crippen molar-refractivity contribution in [3.63, 3.8) is 0 Å². The van der Waals surface area contributed by atoms with E-state index in [0.717, 1.165) is 10.0 Å². The van der Waals surface area contributed by atoms with Crippen LogP contribution in [0, 0.1) is 0 Å². The molecule has 0 saturated carbocycles. The van der Waals surface area contributed by atoms with Crippen LogP contribution in [0.2, 0.25) is 18.1 Å². The SMILES string of the molecule is C=C/C=C\C(F)=C(C)C(CCO[Si](C)(C)C(C)(C)C)N=C1NS(=O)(=O)C(Cc2ccc(Br)cc2)C(C)(C)O1. The van der Waals surface area contributed by atoms with Gasteiger partial charge in [0.1, 0.15) is 16.7 Å². The van der Waals surface area contributed by atoms with E-state index in [1.54, 1.807) is 20.8 Å². The number of amidine groups is 1. The largest absolute Gasteiger partial charge is 0.457 e. The van der Waals surface area contributed by atoms with Crippen molar-refractivity contribution >= 4 is 40.3 Å². The predicted octanol–water partition coefficient (Wildman–Crippen LogP) is 7.21. The Morgan fingerprint density at radius 3 is 2.45 bits per heavy atom. The van der Waals surface area contributed by atoms with Gasteiger partial charge >= 0.3 is 0 Å². The van der Waals surface area contributed by atoms with E-state index in [-0.39, 0.29) is 17.5 Å².